The summed E-state index contributed by atoms with van der Waals surface area (Å²) >= 11 is 0. The van der Waals surface area contributed by atoms with Gasteiger partial charge >= 0.3 is 0 Å². The number of aromatic nitrogens is 2. The number of methoxy groups -OCH3 is 1. The third-order valence-electron chi connectivity index (χ3n) is 3.21. The molecule has 2 rings (SSSR count). The predicted octanol–water partition coefficient (Wildman–Crippen LogP) is 0.678. The largest absolute Gasteiger partial charge is 0.480 e. The van der Waals surface area contributed by atoms with Gasteiger partial charge in [-0.25, -0.2) is 8.42 Å². The van der Waals surface area contributed by atoms with Gasteiger partial charge in [0.2, 0.25) is 21.8 Å². The summed E-state index contributed by atoms with van der Waals surface area (Å²) in [5.41, 5.74) is 0. The standard InChI is InChI=1S/C12H19N3O4S/c1-3-20(16,17)15-8-4-5-10(9-15)19-12-7-6-11(18-2)13-14-12/h6-7,10H,3-5,8-9H2,1-2H3. The number of nitrogens with zero attached hydrogens (tertiary/aromatic N) is 3. The molecule has 1 aromatic heterocycles. The molecule has 0 spiro atoms. The van der Waals surface area contributed by atoms with Crippen molar-refractivity contribution in [2.75, 3.05) is 26.0 Å². The Morgan fingerprint density at radius 1 is 1.35 bits per heavy atom. The van der Waals surface area contributed by atoms with Gasteiger partial charge in [0.15, 0.2) is 0 Å². The molecule has 7 nitrogen and oxygen atoms in total. The van der Waals surface area contributed by atoms with Crippen molar-refractivity contribution in [2.45, 2.75) is 25.9 Å². The molecule has 0 aromatic carbocycles. The number of rotatable bonds is 5. The van der Waals surface area contributed by atoms with Crippen LogP contribution in [0, 0.1) is 0 Å². The number of hydrogen-bond donors (Lipinski definition) is 0. The quantitative estimate of drug-likeness (QED) is 0.795. The molecular formula is C12H19N3O4S. The van der Waals surface area contributed by atoms with Gasteiger partial charge in [-0.3, -0.25) is 0 Å². The highest BCUT2D eigenvalue weighted by Gasteiger charge is 2.28. The highest BCUT2D eigenvalue weighted by Crippen LogP contribution is 2.19. The zero-order chi connectivity index (χ0) is 14.6. The molecule has 1 saturated heterocycles. The second-order valence-electron chi connectivity index (χ2n) is 4.55. The van der Waals surface area contributed by atoms with Crippen LogP contribution in [0.1, 0.15) is 19.8 Å². The Morgan fingerprint density at radius 3 is 2.65 bits per heavy atom. The van der Waals surface area contributed by atoms with Crippen LogP contribution in [-0.2, 0) is 10.0 Å². The first kappa shape index (κ1) is 15.0. The molecule has 112 valence electrons. The van der Waals surface area contributed by atoms with Gasteiger partial charge in [-0.15, -0.1) is 10.2 Å². The lowest BCUT2D eigenvalue weighted by Gasteiger charge is -2.31. The fourth-order valence-corrected chi connectivity index (χ4v) is 3.25. The molecule has 1 fully saturated rings. The van der Waals surface area contributed by atoms with E-state index in [0.29, 0.717) is 24.8 Å². The molecule has 1 aliphatic heterocycles. The average molecular weight is 301 g/mol. The molecule has 1 aliphatic rings. The van der Waals surface area contributed by atoms with Crippen LogP contribution in [-0.4, -0.2) is 55.0 Å². The maximum atomic E-state index is 11.9. The molecule has 0 bridgehead atoms. The number of ether oxygens (including phenoxy) is 2. The zero-order valence-corrected chi connectivity index (χ0v) is 12.5. The molecule has 8 heteroatoms. The second-order valence-corrected chi connectivity index (χ2v) is 6.81. The van der Waals surface area contributed by atoms with Crippen molar-refractivity contribution in [1.82, 2.24) is 14.5 Å². The Kier molecular flexibility index (Phi) is 4.77. The molecule has 0 N–H and O–H groups in total. The van der Waals surface area contributed by atoms with Gasteiger partial charge in [0.25, 0.3) is 0 Å². The molecule has 20 heavy (non-hydrogen) atoms. The second kappa shape index (κ2) is 6.36. The van der Waals surface area contributed by atoms with Crippen LogP contribution in [0.2, 0.25) is 0 Å². The van der Waals surface area contributed by atoms with Crippen LogP contribution in [0.3, 0.4) is 0 Å². The fraction of sp³-hybridized carbons (Fsp3) is 0.667. The molecule has 0 aliphatic carbocycles. The van der Waals surface area contributed by atoms with E-state index in [-0.39, 0.29) is 11.9 Å². The van der Waals surface area contributed by atoms with E-state index in [1.807, 2.05) is 0 Å². The third-order valence-corrected chi connectivity index (χ3v) is 5.06. The van der Waals surface area contributed by atoms with Gasteiger partial charge in [0.1, 0.15) is 6.10 Å². The van der Waals surface area contributed by atoms with Crippen LogP contribution < -0.4 is 9.47 Å². The molecular weight excluding hydrogens is 282 g/mol. The van der Waals surface area contributed by atoms with Crippen molar-refractivity contribution in [1.29, 1.82) is 0 Å². The monoisotopic (exact) mass is 301 g/mol. The molecule has 0 saturated carbocycles. The molecule has 0 amide bonds. The Morgan fingerprint density at radius 2 is 2.05 bits per heavy atom. The van der Waals surface area contributed by atoms with E-state index in [4.69, 9.17) is 9.47 Å². The number of piperidine rings is 1. The maximum Gasteiger partial charge on any atom is 0.233 e. The topological polar surface area (TPSA) is 81.6 Å². The van der Waals surface area contributed by atoms with Crippen molar-refractivity contribution in [2.24, 2.45) is 0 Å². The van der Waals surface area contributed by atoms with E-state index >= 15 is 0 Å². The van der Waals surface area contributed by atoms with Crippen LogP contribution in [0.15, 0.2) is 12.1 Å². The van der Waals surface area contributed by atoms with Crippen molar-refractivity contribution in [3.8, 4) is 11.8 Å². The summed E-state index contributed by atoms with van der Waals surface area (Å²) in [4.78, 5) is 0. The van der Waals surface area contributed by atoms with E-state index in [2.05, 4.69) is 10.2 Å². The lowest BCUT2D eigenvalue weighted by Crippen LogP contribution is -2.44. The molecule has 1 unspecified atom stereocenters. The first-order valence-electron chi connectivity index (χ1n) is 6.57. The Bertz CT molecular complexity index is 532. The van der Waals surface area contributed by atoms with Gasteiger partial charge in [0.05, 0.1) is 19.4 Å². The van der Waals surface area contributed by atoms with E-state index in [9.17, 15) is 8.42 Å². The normalized spacial score (nSPS) is 20.6. The highest BCUT2D eigenvalue weighted by atomic mass is 32.2. The van der Waals surface area contributed by atoms with E-state index in [1.54, 1.807) is 19.1 Å². The van der Waals surface area contributed by atoms with Crippen molar-refractivity contribution < 1.29 is 17.9 Å². The van der Waals surface area contributed by atoms with E-state index in [1.165, 1.54) is 11.4 Å². The first-order chi connectivity index (χ1) is 9.55. The third kappa shape index (κ3) is 3.57. The Hall–Kier alpha value is -1.41. The predicted molar refractivity (Wildman–Crippen MR) is 73.3 cm³/mol. The zero-order valence-electron chi connectivity index (χ0n) is 11.7. The van der Waals surface area contributed by atoms with Crippen LogP contribution in [0.5, 0.6) is 11.8 Å². The van der Waals surface area contributed by atoms with Gasteiger partial charge in [-0.05, 0) is 19.8 Å². The SMILES string of the molecule is CCS(=O)(=O)N1CCCC(Oc2ccc(OC)nn2)C1. The van der Waals surface area contributed by atoms with Crippen LogP contribution in [0.25, 0.3) is 0 Å². The van der Waals surface area contributed by atoms with E-state index in [0.717, 1.165) is 12.8 Å². The smallest absolute Gasteiger partial charge is 0.233 e. The summed E-state index contributed by atoms with van der Waals surface area (Å²) in [6.45, 7) is 2.57. The van der Waals surface area contributed by atoms with Crippen molar-refractivity contribution in [3.63, 3.8) is 0 Å². The van der Waals surface area contributed by atoms with Gasteiger partial charge in [-0.1, -0.05) is 0 Å². The Balaban J connectivity index is 1.99. The number of hydrogen-bond acceptors (Lipinski definition) is 6. The molecule has 2 heterocycles. The molecule has 1 aromatic rings. The lowest BCUT2D eigenvalue weighted by atomic mass is 10.1. The van der Waals surface area contributed by atoms with Gasteiger partial charge in [-0.2, -0.15) is 4.31 Å². The lowest BCUT2D eigenvalue weighted by molar-refractivity contribution is 0.123. The van der Waals surface area contributed by atoms with Crippen LogP contribution >= 0.6 is 0 Å². The average Bonchev–Trinajstić information content (AvgIpc) is 2.48. The highest BCUT2D eigenvalue weighted by molar-refractivity contribution is 7.89. The fourth-order valence-electron chi connectivity index (χ4n) is 2.09. The minimum atomic E-state index is -3.16. The minimum absolute atomic E-state index is 0.113. The van der Waals surface area contributed by atoms with Crippen molar-refractivity contribution in [3.05, 3.63) is 12.1 Å². The Labute approximate surface area is 119 Å². The summed E-state index contributed by atoms with van der Waals surface area (Å²) in [7, 11) is -1.65. The molecule has 1 atom stereocenters. The summed E-state index contributed by atoms with van der Waals surface area (Å²) < 4.78 is 35.8. The van der Waals surface area contributed by atoms with Gasteiger partial charge in [0, 0.05) is 18.7 Å². The maximum absolute atomic E-state index is 11.9. The van der Waals surface area contributed by atoms with Crippen molar-refractivity contribution >= 4 is 10.0 Å². The summed E-state index contributed by atoms with van der Waals surface area (Å²) in [5.74, 6) is 0.907. The minimum Gasteiger partial charge on any atom is -0.480 e. The van der Waals surface area contributed by atoms with Gasteiger partial charge < -0.3 is 9.47 Å². The van der Waals surface area contributed by atoms with E-state index < -0.39 is 10.0 Å². The summed E-state index contributed by atoms with van der Waals surface area (Å²) in [5, 5.41) is 7.70. The summed E-state index contributed by atoms with van der Waals surface area (Å²) in [6, 6.07) is 3.32. The van der Waals surface area contributed by atoms with Crippen LogP contribution in [0.4, 0.5) is 0 Å². The summed E-state index contributed by atoms with van der Waals surface area (Å²) in [6.07, 6.45) is 1.41. The first-order valence-corrected chi connectivity index (χ1v) is 8.18. The molecule has 0 radical (unpaired) electrons. The number of sulfonamides is 1.